The summed E-state index contributed by atoms with van der Waals surface area (Å²) in [4.78, 5) is 4.10. The number of benzene rings is 1. The van der Waals surface area contributed by atoms with Crippen molar-refractivity contribution in [3.05, 3.63) is 47.5 Å². The summed E-state index contributed by atoms with van der Waals surface area (Å²) in [6.07, 6.45) is -0.897. The monoisotopic (exact) mass is 269 g/mol. The first-order valence-corrected chi connectivity index (χ1v) is 5.76. The average molecular weight is 269 g/mol. The Balaban J connectivity index is 2.16. The molecular formula is C13H14F3N3. The van der Waals surface area contributed by atoms with Crippen molar-refractivity contribution < 1.29 is 13.2 Å². The van der Waals surface area contributed by atoms with E-state index < -0.39 is 11.7 Å². The SMILES string of the molecule is Cc1ccc(NCc2nccn2C)cc1C(F)(F)F. The predicted molar refractivity (Wildman–Crippen MR) is 66.7 cm³/mol. The highest BCUT2D eigenvalue weighted by Crippen LogP contribution is 2.33. The molecule has 6 heteroatoms. The van der Waals surface area contributed by atoms with Crippen LogP contribution in [0.2, 0.25) is 0 Å². The van der Waals surface area contributed by atoms with Gasteiger partial charge in [0.2, 0.25) is 0 Å². The molecule has 0 unspecified atom stereocenters. The van der Waals surface area contributed by atoms with Gasteiger partial charge >= 0.3 is 6.18 Å². The Morgan fingerprint density at radius 3 is 2.63 bits per heavy atom. The molecule has 3 nitrogen and oxygen atoms in total. The number of alkyl halides is 3. The molecule has 1 N–H and O–H groups in total. The maximum atomic E-state index is 12.8. The standard InChI is InChI=1S/C13H14F3N3/c1-9-3-4-10(7-11(9)13(14,15)16)18-8-12-17-5-6-19(12)2/h3-7,18H,8H2,1-2H3. The summed E-state index contributed by atoms with van der Waals surface area (Å²) in [6.45, 7) is 1.83. The second-order valence-corrected chi connectivity index (χ2v) is 4.34. The van der Waals surface area contributed by atoms with Gasteiger partial charge in [0.1, 0.15) is 5.82 Å². The molecule has 0 aliphatic rings. The van der Waals surface area contributed by atoms with E-state index in [1.165, 1.54) is 13.0 Å². The smallest absolute Gasteiger partial charge is 0.378 e. The molecule has 0 saturated carbocycles. The lowest BCUT2D eigenvalue weighted by Gasteiger charge is -2.13. The van der Waals surface area contributed by atoms with Crippen LogP contribution in [-0.2, 0) is 19.8 Å². The third kappa shape index (κ3) is 3.07. The summed E-state index contributed by atoms with van der Waals surface area (Å²) in [7, 11) is 1.83. The zero-order chi connectivity index (χ0) is 14.0. The highest BCUT2D eigenvalue weighted by molar-refractivity contribution is 5.49. The maximum Gasteiger partial charge on any atom is 0.416 e. The van der Waals surface area contributed by atoms with Gasteiger partial charge in [-0.05, 0) is 24.6 Å². The van der Waals surface area contributed by atoms with Crippen LogP contribution in [0.4, 0.5) is 18.9 Å². The molecule has 1 heterocycles. The minimum absolute atomic E-state index is 0.218. The van der Waals surface area contributed by atoms with Crippen molar-refractivity contribution in [3.8, 4) is 0 Å². The van der Waals surface area contributed by atoms with Gasteiger partial charge in [-0.3, -0.25) is 0 Å². The molecule has 0 saturated heterocycles. The van der Waals surface area contributed by atoms with E-state index in [1.54, 1.807) is 18.5 Å². The Morgan fingerprint density at radius 2 is 2.05 bits per heavy atom. The van der Waals surface area contributed by atoms with Crippen molar-refractivity contribution in [1.82, 2.24) is 9.55 Å². The van der Waals surface area contributed by atoms with Crippen molar-refractivity contribution in [3.63, 3.8) is 0 Å². The molecule has 0 bridgehead atoms. The van der Waals surface area contributed by atoms with Gasteiger partial charge in [0.15, 0.2) is 0 Å². The first-order valence-electron chi connectivity index (χ1n) is 5.76. The van der Waals surface area contributed by atoms with Crippen LogP contribution in [0.25, 0.3) is 0 Å². The molecule has 0 amide bonds. The Bertz CT molecular complexity index is 573. The predicted octanol–water partition coefficient (Wildman–Crippen LogP) is 3.36. The topological polar surface area (TPSA) is 29.9 Å². The van der Waals surface area contributed by atoms with Crippen LogP contribution in [0.5, 0.6) is 0 Å². The first-order chi connectivity index (χ1) is 8.88. The van der Waals surface area contributed by atoms with Gasteiger partial charge in [-0.25, -0.2) is 4.98 Å². The molecule has 1 aromatic carbocycles. The van der Waals surface area contributed by atoms with Crippen molar-refractivity contribution in [1.29, 1.82) is 0 Å². The van der Waals surface area contributed by atoms with E-state index >= 15 is 0 Å². The molecule has 0 fully saturated rings. The number of aromatic nitrogens is 2. The minimum Gasteiger partial charge on any atom is -0.378 e. The summed E-state index contributed by atoms with van der Waals surface area (Å²) >= 11 is 0. The van der Waals surface area contributed by atoms with Gasteiger partial charge in [0.05, 0.1) is 12.1 Å². The lowest BCUT2D eigenvalue weighted by molar-refractivity contribution is -0.138. The molecule has 19 heavy (non-hydrogen) atoms. The van der Waals surface area contributed by atoms with Crippen LogP contribution >= 0.6 is 0 Å². The second-order valence-electron chi connectivity index (χ2n) is 4.34. The van der Waals surface area contributed by atoms with Crippen LogP contribution in [0, 0.1) is 6.92 Å². The van der Waals surface area contributed by atoms with Gasteiger partial charge in [0.25, 0.3) is 0 Å². The number of aryl methyl sites for hydroxylation is 2. The van der Waals surface area contributed by atoms with Gasteiger partial charge in [-0.2, -0.15) is 13.2 Å². The third-order valence-corrected chi connectivity index (χ3v) is 2.91. The number of halogens is 3. The summed E-state index contributed by atoms with van der Waals surface area (Å²) < 4.78 is 40.1. The third-order valence-electron chi connectivity index (χ3n) is 2.91. The number of hydrogen-bond donors (Lipinski definition) is 1. The minimum atomic E-state index is -4.33. The maximum absolute atomic E-state index is 12.8. The molecule has 102 valence electrons. The molecule has 2 rings (SSSR count). The lowest BCUT2D eigenvalue weighted by Crippen LogP contribution is -2.10. The summed E-state index contributed by atoms with van der Waals surface area (Å²) in [5.41, 5.74) is 0.0355. The van der Waals surface area contributed by atoms with Crippen LogP contribution in [-0.4, -0.2) is 9.55 Å². The summed E-state index contributed by atoms with van der Waals surface area (Å²) in [6, 6.07) is 4.22. The number of rotatable bonds is 3. The Hall–Kier alpha value is -1.98. The second kappa shape index (κ2) is 4.95. The number of nitrogens with one attached hydrogen (secondary N) is 1. The van der Waals surface area contributed by atoms with Crippen LogP contribution in [0.3, 0.4) is 0 Å². The highest BCUT2D eigenvalue weighted by Gasteiger charge is 2.32. The van der Waals surface area contributed by atoms with E-state index in [9.17, 15) is 13.2 Å². The first kappa shape index (κ1) is 13.5. The number of imidazole rings is 1. The molecule has 0 radical (unpaired) electrons. The van der Waals surface area contributed by atoms with Gasteiger partial charge in [-0.1, -0.05) is 6.07 Å². The van der Waals surface area contributed by atoms with Gasteiger partial charge in [0, 0.05) is 25.1 Å². The average Bonchev–Trinajstić information content (AvgIpc) is 2.72. The van der Waals surface area contributed by atoms with E-state index in [1.807, 2.05) is 11.6 Å². The number of hydrogen-bond acceptors (Lipinski definition) is 2. The highest BCUT2D eigenvalue weighted by atomic mass is 19.4. The van der Waals surface area contributed by atoms with E-state index in [4.69, 9.17) is 0 Å². The zero-order valence-electron chi connectivity index (χ0n) is 10.6. The number of anilines is 1. The van der Waals surface area contributed by atoms with E-state index in [0.29, 0.717) is 12.2 Å². The molecule has 0 aliphatic carbocycles. The van der Waals surface area contributed by atoms with E-state index in [0.717, 1.165) is 11.9 Å². The van der Waals surface area contributed by atoms with Crippen molar-refractivity contribution in [2.24, 2.45) is 7.05 Å². The Kier molecular flexibility index (Phi) is 3.50. The van der Waals surface area contributed by atoms with Crippen LogP contribution in [0.1, 0.15) is 17.0 Å². The fourth-order valence-corrected chi connectivity index (χ4v) is 1.79. The fraction of sp³-hybridized carbons (Fsp3) is 0.308. The lowest BCUT2D eigenvalue weighted by atomic mass is 10.1. The normalized spacial score (nSPS) is 11.6. The summed E-state index contributed by atoms with van der Waals surface area (Å²) in [5, 5.41) is 2.94. The Morgan fingerprint density at radius 1 is 1.32 bits per heavy atom. The zero-order valence-corrected chi connectivity index (χ0v) is 10.6. The van der Waals surface area contributed by atoms with E-state index in [-0.39, 0.29) is 5.56 Å². The van der Waals surface area contributed by atoms with Crippen molar-refractivity contribution in [2.75, 3.05) is 5.32 Å². The number of nitrogens with zero attached hydrogens (tertiary/aromatic N) is 2. The fourth-order valence-electron chi connectivity index (χ4n) is 1.79. The largest absolute Gasteiger partial charge is 0.416 e. The Labute approximate surface area is 109 Å². The van der Waals surface area contributed by atoms with Gasteiger partial charge in [-0.15, -0.1) is 0 Å². The van der Waals surface area contributed by atoms with Crippen molar-refractivity contribution in [2.45, 2.75) is 19.6 Å². The molecule has 0 spiro atoms. The molecule has 0 aliphatic heterocycles. The molecule has 0 atom stereocenters. The molecule has 2 aromatic rings. The van der Waals surface area contributed by atoms with Crippen molar-refractivity contribution >= 4 is 5.69 Å². The van der Waals surface area contributed by atoms with Crippen LogP contribution in [0.15, 0.2) is 30.6 Å². The molecular weight excluding hydrogens is 255 g/mol. The molecule has 1 aromatic heterocycles. The van der Waals surface area contributed by atoms with Gasteiger partial charge < -0.3 is 9.88 Å². The van der Waals surface area contributed by atoms with Crippen LogP contribution < -0.4 is 5.32 Å². The summed E-state index contributed by atoms with van der Waals surface area (Å²) in [5.74, 6) is 0.758. The quantitative estimate of drug-likeness (QED) is 0.926. The van der Waals surface area contributed by atoms with E-state index in [2.05, 4.69) is 10.3 Å².